The summed E-state index contributed by atoms with van der Waals surface area (Å²) in [5.41, 5.74) is 1.62. The average Bonchev–Trinajstić information content (AvgIpc) is 2.84. The van der Waals surface area contributed by atoms with Gasteiger partial charge in [-0.2, -0.15) is 0 Å². The molecular weight excluding hydrogens is 379 g/mol. The van der Waals surface area contributed by atoms with Gasteiger partial charge < -0.3 is 10.1 Å². The van der Waals surface area contributed by atoms with Gasteiger partial charge in [-0.15, -0.1) is 0 Å². The minimum atomic E-state index is -0.541. The third-order valence-electron chi connectivity index (χ3n) is 3.27. The monoisotopic (exact) mass is 390 g/mol. The minimum Gasteiger partial charge on any atom is -0.488 e. The van der Waals surface area contributed by atoms with Gasteiger partial charge in [-0.1, -0.05) is 18.2 Å². The molecule has 2 aromatic rings. The summed E-state index contributed by atoms with van der Waals surface area (Å²) in [6, 6.07) is 10.9. The van der Waals surface area contributed by atoms with Crippen LogP contribution in [0.15, 0.2) is 52.6 Å². The largest absolute Gasteiger partial charge is 0.488 e. The molecular formula is C17H12BrFN2O3. The Balaban J connectivity index is 1.72. The van der Waals surface area contributed by atoms with Crippen LogP contribution in [0.25, 0.3) is 6.08 Å². The molecule has 0 aliphatic carbocycles. The summed E-state index contributed by atoms with van der Waals surface area (Å²) in [6.45, 7) is 0.231. The van der Waals surface area contributed by atoms with Gasteiger partial charge in [0.15, 0.2) is 0 Å². The van der Waals surface area contributed by atoms with Crippen molar-refractivity contribution in [3.63, 3.8) is 0 Å². The van der Waals surface area contributed by atoms with Crippen molar-refractivity contribution in [3.8, 4) is 5.75 Å². The number of hydrogen-bond donors (Lipinski definition) is 2. The molecule has 1 saturated heterocycles. The van der Waals surface area contributed by atoms with Gasteiger partial charge in [-0.05, 0) is 57.4 Å². The quantitative estimate of drug-likeness (QED) is 0.621. The molecule has 2 aromatic carbocycles. The van der Waals surface area contributed by atoms with Crippen LogP contribution in [0.3, 0.4) is 0 Å². The average molecular weight is 391 g/mol. The highest BCUT2D eigenvalue weighted by Crippen LogP contribution is 2.27. The zero-order valence-electron chi connectivity index (χ0n) is 12.3. The van der Waals surface area contributed by atoms with E-state index in [2.05, 4.69) is 26.6 Å². The maximum absolute atomic E-state index is 13.1. The summed E-state index contributed by atoms with van der Waals surface area (Å²) >= 11 is 3.40. The Morgan fingerprint density at radius 1 is 1.12 bits per heavy atom. The van der Waals surface area contributed by atoms with Gasteiger partial charge in [0.1, 0.15) is 23.9 Å². The summed E-state index contributed by atoms with van der Waals surface area (Å²) in [4.78, 5) is 22.6. The Morgan fingerprint density at radius 2 is 1.96 bits per heavy atom. The van der Waals surface area contributed by atoms with E-state index in [0.717, 1.165) is 5.56 Å². The van der Waals surface area contributed by atoms with Crippen LogP contribution in [0.2, 0.25) is 0 Å². The van der Waals surface area contributed by atoms with Gasteiger partial charge in [0, 0.05) is 0 Å². The Labute approximate surface area is 145 Å². The molecule has 0 saturated carbocycles. The number of amides is 3. The van der Waals surface area contributed by atoms with Crippen LogP contribution in [-0.4, -0.2) is 11.9 Å². The number of carbonyl (C=O) groups excluding carboxylic acids is 2. The van der Waals surface area contributed by atoms with Crippen LogP contribution in [-0.2, 0) is 11.4 Å². The Bertz CT molecular complexity index is 851. The Kier molecular flexibility index (Phi) is 4.61. The van der Waals surface area contributed by atoms with Crippen LogP contribution >= 0.6 is 15.9 Å². The van der Waals surface area contributed by atoms with Crippen molar-refractivity contribution < 1.29 is 18.7 Å². The van der Waals surface area contributed by atoms with E-state index >= 15 is 0 Å². The van der Waals surface area contributed by atoms with E-state index in [1.807, 2.05) is 0 Å². The number of benzene rings is 2. The maximum atomic E-state index is 13.1. The van der Waals surface area contributed by atoms with Gasteiger partial charge in [-0.3, -0.25) is 10.1 Å². The molecule has 1 fully saturated rings. The first-order valence-corrected chi connectivity index (χ1v) is 7.81. The molecule has 122 valence electrons. The molecule has 0 unspecified atom stereocenters. The van der Waals surface area contributed by atoms with Crippen molar-refractivity contribution in [2.45, 2.75) is 6.61 Å². The molecule has 2 N–H and O–H groups in total. The number of halogens is 2. The number of carbonyl (C=O) groups is 2. The van der Waals surface area contributed by atoms with Crippen molar-refractivity contribution in [1.82, 2.24) is 10.6 Å². The van der Waals surface area contributed by atoms with E-state index in [-0.39, 0.29) is 18.1 Å². The number of hydrogen-bond acceptors (Lipinski definition) is 3. The second kappa shape index (κ2) is 6.84. The lowest BCUT2D eigenvalue weighted by molar-refractivity contribution is -0.115. The zero-order chi connectivity index (χ0) is 17.1. The summed E-state index contributed by atoms with van der Waals surface area (Å²) in [6.07, 6.45) is 1.56. The number of nitrogens with one attached hydrogen (secondary N) is 2. The third kappa shape index (κ3) is 3.80. The fraction of sp³-hybridized carbons (Fsp3) is 0.0588. The van der Waals surface area contributed by atoms with Crippen LogP contribution in [0.1, 0.15) is 11.1 Å². The molecule has 3 amide bonds. The van der Waals surface area contributed by atoms with Gasteiger partial charge in [-0.25, -0.2) is 9.18 Å². The molecule has 5 nitrogen and oxygen atoms in total. The lowest BCUT2D eigenvalue weighted by Gasteiger charge is -2.09. The standard InChI is InChI=1S/C17H12BrFN2O3/c18-13-7-10(8-14-16(22)21-17(23)20-14)4-5-15(13)24-9-11-2-1-3-12(19)6-11/h1-8H,9H2,(H2,20,21,22,23)/b14-8+. The molecule has 0 aromatic heterocycles. The molecule has 1 aliphatic rings. The van der Waals surface area contributed by atoms with Crippen LogP contribution in [0, 0.1) is 5.82 Å². The first kappa shape index (κ1) is 16.2. The van der Waals surface area contributed by atoms with Gasteiger partial charge in [0.25, 0.3) is 5.91 Å². The van der Waals surface area contributed by atoms with Crippen molar-refractivity contribution in [2.75, 3.05) is 0 Å². The fourth-order valence-electron chi connectivity index (χ4n) is 2.16. The van der Waals surface area contributed by atoms with Crippen molar-refractivity contribution >= 4 is 33.9 Å². The van der Waals surface area contributed by atoms with E-state index in [4.69, 9.17) is 4.74 Å². The van der Waals surface area contributed by atoms with Crippen molar-refractivity contribution in [3.05, 3.63) is 69.6 Å². The number of ether oxygens (including phenoxy) is 1. The van der Waals surface area contributed by atoms with Crippen molar-refractivity contribution in [2.24, 2.45) is 0 Å². The normalized spacial score (nSPS) is 15.3. The highest BCUT2D eigenvalue weighted by atomic mass is 79.9. The summed E-state index contributed by atoms with van der Waals surface area (Å²) in [5, 5.41) is 4.55. The van der Waals surface area contributed by atoms with Crippen molar-refractivity contribution in [1.29, 1.82) is 0 Å². The molecule has 7 heteroatoms. The van der Waals surface area contributed by atoms with Gasteiger partial charge >= 0.3 is 6.03 Å². The second-order valence-corrected chi connectivity index (χ2v) is 5.93. The van der Waals surface area contributed by atoms with E-state index in [0.29, 0.717) is 15.8 Å². The van der Waals surface area contributed by atoms with Crippen LogP contribution in [0.4, 0.5) is 9.18 Å². The number of rotatable bonds is 4. The summed E-state index contributed by atoms with van der Waals surface area (Å²) in [5.74, 6) is -0.196. The molecule has 1 aliphatic heterocycles. The molecule has 0 bridgehead atoms. The number of urea groups is 1. The first-order chi connectivity index (χ1) is 11.5. The topological polar surface area (TPSA) is 67.4 Å². The Morgan fingerprint density at radius 3 is 2.62 bits per heavy atom. The summed E-state index contributed by atoms with van der Waals surface area (Å²) < 4.78 is 19.5. The lowest BCUT2D eigenvalue weighted by Crippen LogP contribution is -2.22. The van der Waals surface area contributed by atoms with E-state index in [1.54, 1.807) is 36.4 Å². The predicted octanol–water partition coefficient (Wildman–Crippen LogP) is 3.35. The maximum Gasteiger partial charge on any atom is 0.326 e. The molecule has 3 rings (SSSR count). The minimum absolute atomic E-state index is 0.181. The highest BCUT2D eigenvalue weighted by Gasteiger charge is 2.22. The third-order valence-corrected chi connectivity index (χ3v) is 3.89. The SMILES string of the molecule is O=C1NC(=O)/C(=C\c2ccc(OCc3cccc(F)c3)c(Br)c2)N1. The van der Waals surface area contributed by atoms with Crippen LogP contribution < -0.4 is 15.4 Å². The molecule has 0 spiro atoms. The van der Waals surface area contributed by atoms with E-state index in [1.165, 1.54) is 12.1 Å². The molecule has 1 heterocycles. The fourth-order valence-corrected chi connectivity index (χ4v) is 2.67. The molecule has 24 heavy (non-hydrogen) atoms. The second-order valence-electron chi connectivity index (χ2n) is 5.07. The highest BCUT2D eigenvalue weighted by molar-refractivity contribution is 9.10. The van der Waals surface area contributed by atoms with Gasteiger partial charge in [0.2, 0.25) is 0 Å². The smallest absolute Gasteiger partial charge is 0.326 e. The summed E-state index contributed by atoms with van der Waals surface area (Å²) in [7, 11) is 0. The zero-order valence-corrected chi connectivity index (χ0v) is 13.9. The van der Waals surface area contributed by atoms with Gasteiger partial charge in [0.05, 0.1) is 4.47 Å². The van der Waals surface area contributed by atoms with E-state index in [9.17, 15) is 14.0 Å². The molecule has 0 atom stereocenters. The first-order valence-electron chi connectivity index (χ1n) is 7.02. The Hall–Kier alpha value is -2.67. The lowest BCUT2D eigenvalue weighted by atomic mass is 10.2. The number of imide groups is 1. The molecule has 0 radical (unpaired) electrons. The predicted molar refractivity (Wildman–Crippen MR) is 89.5 cm³/mol. The van der Waals surface area contributed by atoms with E-state index < -0.39 is 11.9 Å². The van der Waals surface area contributed by atoms with Crippen LogP contribution in [0.5, 0.6) is 5.75 Å².